The molecule has 0 saturated carbocycles. The van der Waals surface area contributed by atoms with Gasteiger partial charge < -0.3 is 10.1 Å². The molecule has 1 N–H and O–H groups in total. The first-order chi connectivity index (χ1) is 12.5. The largest absolute Gasteiger partial charge is 0.489 e. The first-order valence-corrected chi connectivity index (χ1v) is 9.24. The quantitative estimate of drug-likeness (QED) is 0.520. The van der Waals surface area contributed by atoms with Gasteiger partial charge in [-0.15, -0.1) is 0 Å². The van der Waals surface area contributed by atoms with Gasteiger partial charge in [-0.1, -0.05) is 51.8 Å². The third-order valence-electron chi connectivity index (χ3n) is 3.89. The summed E-state index contributed by atoms with van der Waals surface area (Å²) in [5.74, 6) is 0.434. The molecule has 0 aliphatic rings. The Kier molecular flexibility index (Phi) is 5.96. The molecule has 0 radical (unpaired) electrons. The van der Waals surface area contributed by atoms with Crippen LogP contribution in [0.2, 0.25) is 5.02 Å². The number of hydrogen-bond donors (Lipinski definition) is 1. The van der Waals surface area contributed by atoms with Crippen LogP contribution in [0.15, 0.2) is 71.2 Å². The van der Waals surface area contributed by atoms with Crippen LogP contribution in [0.3, 0.4) is 0 Å². The summed E-state index contributed by atoms with van der Waals surface area (Å²) in [5.41, 5.74) is 3.19. The molecule has 132 valence electrons. The van der Waals surface area contributed by atoms with E-state index < -0.39 is 0 Å². The van der Waals surface area contributed by atoms with E-state index in [1.807, 2.05) is 55.5 Å². The van der Waals surface area contributed by atoms with E-state index in [9.17, 15) is 4.79 Å². The lowest BCUT2D eigenvalue weighted by Gasteiger charge is -2.11. The van der Waals surface area contributed by atoms with Gasteiger partial charge in [0.1, 0.15) is 12.4 Å². The highest BCUT2D eigenvalue weighted by Crippen LogP contribution is 2.22. The molecule has 0 atom stereocenters. The fourth-order valence-electron chi connectivity index (χ4n) is 2.47. The van der Waals surface area contributed by atoms with Gasteiger partial charge >= 0.3 is 0 Å². The maximum Gasteiger partial charge on any atom is 0.255 e. The SMILES string of the molecule is Cc1cc(Br)ccc1NC(=O)c1cccc(OCc2ccccc2Cl)c1. The van der Waals surface area contributed by atoms with E-state index in [-0.39, 0.29) is 5.91 Å². The first kappa shape index (κ1) is 18.5. The standard InChI is InChI=1S/C21H17BrClNO2/c1-14-11-17(22)9-10-20(14)24-21(25)15-6-4-7-18(12-15)26-13-16-5-2-3-8-19(16)23/h2-12H,13H2,1H3,(H,24,25). The summed E-state index contributed by atoms with van der Waals surface area (Å²) < 4.78 is 6.76. The molecular weight excluding hydrogens is 414 g/mol. The van der Waals surface area contributed by atoms with E-state index in [1.54, 1.807) is 18.2 Å². The van der Waals surface area contributed by atoms with Crippen LogP contribution in [0, 0.1) is 6.92 Å². The zero-order valence-electron chi connectivity index (χ0n) is 14.1. The fraction of sp³-hybridized carbons (Fsp3) is 0.0952. The number of anilines is 1. The number of rotatable bonds is 5. The zero-order chi connectivity index (χ0) is 18.5. The highest BCUT2D eigenvalue weighted by molar-refractivity contribution is 9.10. The monoisotopic (exact) mass is 429 g/mol. The van der Waals surface area contributed by atoms with Crippen molar-refractivity contribution in [1.82, 2.24) is 0 Å². The van der Waals surface area contributed by atoms with E-state index in [0.29, 0.717) is 22.9 Å². The van der Waals surface area contributed by atoms with Gasteiger partial charge in [0, 0.05) is 26.3 Å². The average Bonchev–Trinajstić information content (AvgIpc) is 2.63. The van der Waals surface area contributed by atoms with Gasteiger partial charge in [-0.25, -0.2) is 0 Å². The third kappa shape index (κ3) is 4.65. The van der Waals surface area contributed by atoms with Gasteiger partial charge in [-0.2, -0.15) is 0 Å². The molecule has 1 amide bonds. The molecule has 0 unspecified atom stereocenters. The Hall–Kier alpha value is -2.30. The van der Waals surface area contributed by atoms with Crippen molar-refractivity contribution in [3.05, 3.63) is 92.9 Å². The third-order valence-corrected chi connectivity index (χ3v) is 4.75. The molecule has 0 aliphatic heterocycles. The number of hydrogen-bond acceptors (Lipinski definition) is 2. The number of aryl methyl sites for hydroxylation is 1. The highest BCUT2D eigenvalue weighted by Gasteiger charge is 2.09. The fourth-order valence-corrected chi connectivity index (χ4v) is 3.13. The molecule has 5 heteroatoms. The predicted molar refractivity (Wildman–Crippen MR) is 109 cm³/mol. The van der Waals surface area contributed by atoms with Crippen molar-refractivity contribution in [3.63, 3.8) is 0 Å². The molecule has 3 rings (SSSR count). The summed E-state index contributed by atoms with van der Waals surface area (Å²) in [4.78, 5) is 12.5. The van der Waals surface area contributed by atoms with Crippen molar-refractivity contribution in [2.24, 2.45) is 0 Å². The van der Waals surface area contributed by atoms with Gasteiger partial charge in [-0.3, -0.25) is 4.79 Å². The first-order valence-electron chi connectivity index (χ1n) is 8.07. The molecule has 0 aromatic heterocycles. The Bertz CT molecular complexity index is 943. The van der Waals surface area contributed by atoms with Crippen LogP contribution in [-0.2, 0) is 6.61 Å². The molecule has 0 aliphatic carbocycles. The van der Waals surface area contributed by atoms with Crippen LogP contribution >= 0.6 is 27.5 Å². The number of benzene rings is 3. The Morgan fingerprint density at radius 2 is 1.88 bits per heavy atom. The molecule has 3 aromatic rings. The number of ether oxygens (including phenoxy) is 1. The van der Waals surface area contributed by atoms with Crippen LogP contribution < -0.4 is 10.1 Å². The van der Waals surface area contributed by atoms with Crippen LogP contribution in [-0.4, -0.2) is 5.91 Å². The summed E-state index contributed by atoms with van der Waals surface area (Å²) in [7, 11) is 0. The highest BCUT2D eigenvalue weighted by atomic mass is 79.9. The van der Waals surface area contributed by atoms with Gasteiger partial charge in [0.15, 0.2) is 0 Å². The molecule has 0 heterocycles. The molecule has 0 fully saturated rings. The summed E-state index contributed by atoms with van der Waals surface area (Å²) in [6, 6.07) is 20.3. The number of halogens is 2. The number of carbonyl (C=O) groups excluding carboxylic acids is 1. The van der Waals surface area contributed by atoms with Crippen LogP contribution in [0.4, 0.5) is 5.69 Å². The molecule has 26 heavy (non-hydrogen) atoms. The minimum Gasteiger partial charge on any atom is -0.489 e. The Morgan fingerprint density at radius 3 is 2.65 bits per heavy atom. The number of amides is 1. The number of nitrogens with one attached hydrogen (secondary N) is 1. The Morgan fingerprint density at radius 1 is 1.08 bits per heavy atom. The molecule has 3 nitrogen and oxygen atoms in total. The van der Waals surface area contributed by atoms with Crippen molar-refractivity contribution >= 4 is 39.1 Å². The summed E-state index contributed by atoms with van der Waals surface area (Å²) >= 11 is 9.56. The second kappa shape index (κ2) is 8.39. The maximum atomic E-state index is 12.5. The Balaban J connectivity index is 1.70. The normalized spacial score (nSPS) is 10.4. The minimum absolute atomic E-state index is 0.182. The van der Waals surface area contributed by atoms with Crippen molar-refractivity contribution < 1.29 is 9.53 Å². The molecule has 0 saturated heterocycles. The van der Waals surface area contributed by atoms with Gasteiger partial charge in [0.25, 0.3) is 5.91 Å². The van der Waals surface area contributed by atoms with E-state index in [1.165, 1.54) is 0 Å². The van der Waals surface area contributed by atoms with E-state index in [2.05, 4.69) is 21.2 Å². The second-order valence-corrected chi connectivity index (χ2v) is 7.14. The van der Waals surface area contributed by atoms with E-state index >= 15 is 0 Å². The topological polar surface area (TPSA) is 38.3 Å². The van der Waals surface area contributed by atoms with Crippen LogP contribution in [0.25, 0.3) is 0 Å². The van der Waals surface area contributed by atoms with E-state index in [0.717, 1.165) is 21.3 Å². The molecular formula is C21H17BrClNO2. The summed E-state index contributed by atoms with van der Waals surface area (Å²) in [5, 5.41) is 3.59. The zero-order valence-corrected chi connectivity index (χ0v) is 16.5. The second-order valence-electron chi connectivity index (χ2n) is 5.82. The van der Waals surface area contributed by atoms with Crippen molar-refractivity contribution in [3.8, 4) is 5.75 Å². The molecule has 0 spiro atoms. The van der Waals surface area contributed by atoms with Crippen LogP contribution in [0.1, 0.15) is 21.5 Å². The van der Waals surface area contributed by atoms with Gasteiger partial charge in [0.2, 0.25) is 0 Å². The lowest BCUT2D eigenvalue weighted by molar-refractivity contribution is 0.102. The van der Waals surface area contributed by atoms with Gasteiger partial charge in [0.05, 0.1) is 0 Å². The lowest BCUT2D eigenvalue weighted by atomic mass is 10.1. The minimum atomic E-state index is -0.182. The van der Waals surface area contributed by atoms with Crippen molar-refractivity contribution in [1.29, 1.82) is 0 Å². The number of carbonyl (C=O) groups is 1. The van der Waals surface area contributed by atoms with Gasteiger partial charge in [-0.05, 0) is 55.0 Å². The summed E-state index contributed by atoms with van der Waals surface area (Å²) in [6.45, 7) is 2.29. The smallest absolute Gasteiger partial charge is 0.255 e. The van der Waals surface area contributed by atoms with E-state index in [4.69, 9.17) is 16.3 Å². The maximum absolute atomic E-state index is 12.5. The Labute approximate surface area is 166 Å². The summed E-state index contributed by atoms with van der Waals surface area (Å²) in [6.07, 6.45) is 0. The van der Waals surface area contributed by atoms with Crippen molar-refractivity contribution in [2.45, 2.75) is 13.5 Å². The lowest BCUT2D eigenvalue weighted by Crippen LogP contribution is -2.12. The average molecular weight is 431 g/mol. The van der Waals surface area contributed by atoms with Crippen LogP contribution in [0.5, 0.6) is 5.75 Å². The molecule has 3 aromatic carbocycles. The predicted octanol–water partition coefficient (Wildman–Crippen LogP) is 6.24. The van der Waals surface area contributed by atoms with Crippen molar-refractivity contribution in [2.75, 3.05) is 5.32 Å². The molecule has 0 bridgehead atoms.